The highest BCUT2D eigenvalue weighted by Crippen LogP contribution is 2.24. The maximum absolute atomic E-state index is 13.3. The van der Waals surface area contributed by atoms with Crippen molar-refractivity contribution in [1.29, 1.82) is 2.86 Å². The molecule has 1 atom stereocenters. The quantitative estimate of drug-likeness (QED) is 0.0308. The van der Waals surface area contributed by atoms with E-state index in [1.807, 2.05) is 0 Å². The lowest BCUT2D eigenvalue weighted by Gasteiger charge is -2.27. The highest BCUT2D eigenvalue weighted by molar-refractivity contribution is 6.20. The molecule has 1 unspecified atom stereocenters. The number of carbonyl (C=O) groups excluding carboxylic acids is 2. The minimum atomic E-state index is -3.12. The summed E-state index contributed by atoms with van der Waals surface area (Å²) >= 11 is 5.93. The van der Waals surface area contributed by atoms with Crippen LogP contribution < -0.4 is 0 Å². The molecule has 0 aromatic carbocycles. The predicted molar refractivity (Wildman–Crippen MR) is 190 cm³/mol. The molecule has 0 saturated carbocycles. The molecule has 5 heteroatoms. The standard InChI is InChI=1S/C39H71ClO4/c1-3-5-7-9-11-13-15-17-19-21-23-25-27-29-31-33-37(41)36(35-40)39(43,44)38(42)34-32-30-28-26-24-22-20-18-16-14-12-10-8-6-4-2/h12,14,18,20,36,43-44H,3-11,13,15-17,19,21-35H2,1-2H3/b14-12-,20-18-/i35D2,36D,43D,44D. The number of rotatable bonds is 36. The third kappa shape index (κ3) is 25.2. The molecule has 0 radical (unpaired) electrons. The van der Waals surface area contributed by atoms with Crippen LogP contribution in [0, 0.1) is 5.89 Å². The topological polar surface area (TPSA) is 74.6 Å². The molecule has 0 amide bonds. The Bertz CT molecular complexity index is 876. The minimum Gasteiger partial charge on any atom is -0.359 e. The lowest BCUT2D eigenvalue weighted by Crippen LogP contribution is -2.50. The van der Waals surface area contributed by atoms with Crippen LogP contribution in [-0.2, 0) is 9.59 Å². The van der Waals surface area contributed by atoms with Gasteiger partial charge < -0.3 is 10.2 Å². The number of carbonyl (C=O) groups is 2. The number of allylic oxidation sites excluding steroid dienone is 4. The third-order valence-electron chi connectivity index (χ3n) is 8.43. The predicted octanol–water partition coefficient (Wildman–Crippen LogP) is 11.7. The monoisotopic (exact) mass is 644 g/mol. The summed E-state index contributed by atoms with van der Waals surface area (Å²) in [5.41, 5.74) is 0. The van der Waals surface area contributed by atoms with Crippen LogP contribution in [0.15, 0.2) is 24.3 Å². The fourth-order valence-corrected chi connectivity index (χ4v) is 5.71. The van der Waals surface area contributed by atoms with Crippen molar-refractivity contribution in [3.05, 3.63) is 24.3 Å². The highest BCUT2D eigenvalue weighted by atomic mass is 35.5. The van der Waals surface area contributed by atoms with Crippen molar-refractivity contribution in [2.75, 3.05) is 5.83 Å². The Balaban J connectivity index is 4.56. The summed E-state index contributed by atoms with van der Waals surface area (Å²) in [4.78, 5) is 26.6. The Labute approximate surface area is 285 Å². The van der Waals surface area contributed by atoms with E-state index in [2.05, 4.69) is 48.4 Å². The van der Waals surface area contributed by atoms with Crippen molar-refractivity contribution in [2.45, 2.75) is 199 Å². The van der Waals surface area contributed by atoms with Crippen molar-refractivity contribution in [2.24, 2.45) is 5.89 Å². The van der Waals surface area contributed by atoms with Gasteiger partial charge in [-0.05, 0) is 44.9 Å². The first-order valence-corrected chi connectivity index (χ1v) is 18.8. The number of aliphatic hydroxyl groups is 2. The molecule has 0 aliphatic rings. The van der Waals surface area contributed by atoms with Crippen molar-refractivity contribution >= 4 is 23.2 Å². The average molecular weight is 644 g/mol. The summed E-state index contributed by atoms with van der Waals surface area (Å²) in [6, 6.07) is 0. The maximum Gasteiger partial charge on any atom is 0.235 e. The van der Waals surface area contributed by atoms with Gasteiger partial charge in [-0.1, -0.05) is 160 Å². The zero-order valence-corrected chi connectivity index (χ0v) is 29.4. The van der Waals surface area contributed by atoms with Crippen LogP contribution in [0.2, 0.25) is 0 Å². The van der Waals surface area contributed by atoms with Gasteiger partial charge in [-0.15, -0.1) is 11.6 Å². The second kappa shape index (κ2) is 32.0. The van der Waals surface area contributed by atoms with E-state index in [-0.39, 0.29) is 12.8 Å². The Morgan fingerprint density at radius 2 is 1.02 bits per heavy atom. The molecule has 0 aliphatic carbocycles. The van der Waals surface area contributed by atoms with Gasteiger partial charge in [0, 0.05) is 22.8 Å². The van der Waals surface area contributed by atoms with Crippen molar-refractivity contribution in [1.82, 2.24) is 0 Å². The van der Waals surface area contributed by atoms with E-state index in [0.717, 1.165) is 57.8 Å². The van der Waals surface area contributed by atoms with Crippen molar-refractivity contribution in [3.8, 4) is 0 Å². The first-order valence-electron chi connectivity index (χ1n) is 20.7. The van der Waals surface area contributed by atoms with Gasteiger partial charge in [-0.25, -0.2) is 0 Å². The lowest BCUT2D eigenvalue weighted by atomic mass is 9.87. The summed E-state index contributed by atoms with van der Waals surface area (Å²) < 4.78 is 40.2. The highest BCUT2D eigenvalue weighted by Gasteiger charge is 2.44. The largest absolute Gasteiger partial charge is 0.359 e. The number of Topliss-reactive ketones (excluding diaryl/α,β-unsaturated/α-hetero) is 2. The second-order valence-corrected chi connectivity index (χ2v) is 12.8. The third-order valence-corrected chi connectivity index (χ3v) is 8.62. The molecular formula is C39H71ClO4. The molecule has 44 heavy (non-hydrogen) atoms. The summed E-state index contributed by atoms with van der Waals surface area (Å²) in [5, 5.41) is 9.02. The zero-order chi connectivity index (χ0) is 36.7. The minimum absolute atomic E-state index is 0.220. The van der Waals surface area contributed by atoms with Crippen LogP contribution >= 0.6 is 11.6 Å². The van der Waals surface area contributed by atoms with E-state index in [1.54, 1.807) is 0 Å². The van der Waals surface area contributed by atoms with E-state index >= 15 is 0 Å². The van der Waals surface area contributed by atoms with Crippen molar-refractivity contribution < 1.29 is 23.9 Å². The molecule has 0 aliphatic heterocycles. The number of unbranched alkanes of at least 4 members (excludes halogenated alkanes) is 22. The number of ketones is 2. The summed E-state index contributed by atoms with van der Waals surface area (Å²) in [7, 11) is 0. The van der Waals surface area contributed by atoms with Crippen LogP contribution in [0.4, 0.5) is 0 Å². The van der Waals surface area contributed by atoms with E-state index in [4.69, 9.17) is 18.6 Å². The summed E-state index contributed by atoms with van der Waals surface area (Å²) in [6.45, 7) is 4.45. The van der Waals surface area contributed by atoms with E-state index in [9.17, 15) is 9.59 Å². The lowest BCUT2D eigenvalue weighted by molar-refractivity contribution is -0.201. The Morgan fingerprint density at radius 1 is 0.636 bits per heavy atom. The number of halogens is 1. The number of hydrogen-bond donors (Lipinski definition) is 2. The Hall–Kier alpha value is -0.970. The van der Waals surface area contributed by atoms with Gasteiger partial charge >= 0.3 is 0 Å². The fraction of sp³-hybridized carbons (Fsp3) is 0.846. The van der Waals surface area contributed by atoms with Gasteiger partial charge in [-0.3, -0.25) is 9.59 Å². The fourth-order valence-electron chi connectivity index (χ4n) is 5.48. The van der Waals surface area contributed by atoms with Crippen LogP contribution in [0.3, 0.4) is 0 Å². The van der Waals surface area contributed by atoms with Gasteiger partial charge in [0.05, 0.1) is 5.89 Å². The molecule has 4 nitrogen and oxygen atoms in total. The average Bonchev–Trinajstić information content (AvgIpc) is 3.08. The maximum atomic E-state index is 13.3. The molecule has 2 N–H and O–H groups in total. The van der Waals surface area contributed by atoms with Crippen LogP contribution in [0.5, 0.6) is 0 Å². The summed E-state index contributed by atoms with van der Waals surface area (Å²) in [5.74, 6) is -11.3. The molecule has 258 valence electrons. The second-order valence-electron chi connectivity index (χ2n) is 12.6. The first-order chi connectivity index (χ1) is 23.6. The van der Waals surface area contributed by atoms with Gasteiger partial charge in [-0.2, -0.15) is 0 Å². The van der Waals surface area contributed by atoms with E-state index in [1.165, 1.54) is 83.5 Å². The SMILES string of the molecule is [2H]OC(O[2H])(C(=O)CCCCCCC/C=C\C/C=C\CCCCC)C([2H])(C(=O)CCCCCCCCCCCCCCCCC)C([2H])([2H])Cl. The Morgan fingerprint density at radius 3 is 1.48 bits per heavy atom. The van der Waals surface area contributed by atoms with E-state index < -0.39 is 29.1 Å². The normalized spacial score (nSPS) is 15.6. The number of hydrogen-bond acceptors (Lipinski definition) is 4. The van der Waals surface area contributed by atoms with Crippen LogP contribution in [-0.4, -0.2) is 36.3 Å². The van der Waals surface area contributed by atoms with E-state index in [0.29, 0.717) is 25.7 Å². The zero-order valence-electron chi connectivity index (χ0n) is 33.6. The smallest absolute Gasteiger partial charge is 0.235 e. The molecule has 0 spiro atoms. The summed E-state index contributed by atoms with van der Waals surface area (Å²) in [6.07, 6.45) is 36.4. The van der Waals surface area contributed by atoms with Gasteiger partial charge in [0.15, 0.2) is 5.78 Å². The molecule has 0 aromatic rings. The van der Waals surface area contributed by atoms with Gasteiger partial charge in [0.25, 0.3) is 0 Å². The van der Waals surface area contributed by atoms with Gasteiger partial charge in [0.1, 0.15) is 5.78 Å². The molecular weight excluding hydrogens is 568 g/mol. The van der Waals surface area contributed by atoms with Crippen LogP contribution in [0.25, 0.3) is 0 Å². The van der Waals surface area contributed by atoms with Crippen molar-refractivity contribution in [3.63, 3.8) is 0 Å². The first kappa shape index (κ1) is 34.4. The number of alkyl halides is 1. The Kier molecular flexibility index (Phi) is 25.0. The molecule has 0 aromatic heterocycles. The molecule has 0 heterocycles. The molecule has 0 bridgehead atoms. The van der Waals surface area contributed by atoms with Gasteiger partial charge in [0.2, 0.25) is 8.65 Å². The molecule has 0 fully saturated rings. The molecule has 0 rings (SSSR count). The van der Waals surface area contributed by atoms with Crippen LogP contribution in [0.1, 0.15) is 198 Å². The molecule has 0 saturated heterocycles.